The van der Waals surface area contributed by atoms with Gasteiger partial charge in [-0.25, -0.2) is 8.42 Å². The molecule has 2 amide bonds. The number of methoxy groups -OCH3 is 1. The summed E-state index contributed by atoms with van der Waals surface area (Å²) in [5.74, 6) is -0.322. The molecule has 2 rings (SSSR count). The Bertz CT molecular complexity index is 1160. The van der Waals surface area contributed by atoms with E-state index in [4.69, 9.17) is 39.5 Å². The highest BCUT2D eigenvalue weighted by Crippen LogP contribution is 2.35. The average molecular weight is 565 g/mol. The molecule has 8 nitrogen and oxygen atoms in total. The molecule has 0 spiro atoms. The van der Waals surface area contributed by atoms with Crippen molar-refractivity contribution in [2.75, 3.05) is 30.8 Å². The molecule has 0 radical (unpaired) electrons. The summed E-state index contributed by atoms with van der Waals surface area (Å²) in [6.45, 7) is 3.41. The zero-order chi connectivity index (χ0) is 26.3. The monoisotopic (exact) mass is 563 g/mol. The number of rotatable bonds is 11. The van der Waals surface area contributed by atoms with Crippen molar-refractivity contribution in [1.82, 2.24) is 10.2 Å². The first kappa shape index (κ1) is 29.0. The Hall–Kier alpha value is -2.20. The number of carbonyl (C=O) groups excluding carboxylic acids is 2. The number of halogens is 3. The fraction of sp³-hybridized carbons (Fsp3) is 0.391. The molecule has 35 heavy (non-hydrogen) atoms. The third-order valence-electron chi connectivity index (χ3n) is 5.17. The van der Waals surface area contributed by atoms with Gasteiger partial charge in [0.05, 0.1) is 34.1 Å². The van der Waals surface area contributed by atoms with E-state index in [0.29, 0.717) is 12.3 Å². The van der Waals surface area contributed by atoms with Crippen LogP contribution in [0.4, 0.5) is 5.69 Å². The van der Waals surface area contributed by atoms with E-state index in [-0.39, 0.29) is 33.2 Å². The fourth-order valence-electron chi connectivity index (χ4n) is 3.20. The van der Waals surface area contributed by atoms with E-state index in [0.717, 1.165) is 22.5 Å². The lowest BCUT2D eigenvalue weighted by molar-refractivity contribution is -0.139. The molecule has 0 aliphatic heterocycles. The number of sulfonamides is 1. The number of hydrogen-bond acceptors (Lipinski definition) is 5. The molecule has 0 aromatic heterocycles. The van der Waals surface area contributed by atoms with Crippen LogP contribution in [0.15, 0.2) is 36.4 Å². The van der Waals surface area contributed by atoms with E-state index in [9.17, 15) is 18.0 Å². The molecule has 192 valence electrons. The van der Waals surface area contributed by atoms with Gasteiger partial charge in [0, 0.05) is 13.1 Å². The number of anilines is 1. The van der Waals surface area contributed by atoms with Gasteiger partial charge in [0.15, 0.2) is 0 Å². The lowest BCUT2D eigenvalue weighted by Gasteiger charge is -2.31. The molecule has 0 saturated heterocycles. The summed E-state index contributed by atoms with van der Waals surface area (Å²) in [4.78, 5) is 27.5. The van der Waals surface area contributed by atoms with E-state index in [1.807, 2.05) is 6.92 Å². The standard InChI is InChI=1S/C23H28Cl3N3O5S/c1-5-10-27-23(31)15(2)28(13-16-6-8-17(34-3)9-7-16)22(30)14-29(35(4,32)33)21-12-19(25)18(24)11-20(21)26/h6-9,11-12,15H,5,10,13-14H2,1-4H3,(H,27,31)/t15-/m1/s1. The van der Waals surface area contributed by atoms with Crippen LogP contribution >= 0.6 is 34.8 Å². The van der Waals surface area contributed by atoms with Crippen molar-refractivity contribution in [2.24, 2.45) is 0 Å². The molecule has 2 aromatic carbocycles. The Kier molecular flexibility index (Phi) is 10.5. The van der Waals surface area contributed by atoms with Gasteiger partial charge < -0.3 is 15.0 Å². The summed E-state index contributed by atoms with van der Waals surface area (Å²) < 4.78 is 31.3. The Labute approximate surface area is 221 Å². The van der Waals surface area contributed by atoms with Gasteiger partial charge in [0.1, 0.15) is 18.3 Å². The van der Waals surface area contributed by atoms with E-state index in [1.54, 1.807) is 38.3 Å². The van der Waals surface area contributed by atoms with Crippen LogP contribution in [0, 0.1) is 0 Å². The second-order valence-corrected chi connectivity index (χ2v) is 11.0. The van der Waals surface area contributed by atoms with Crippen LogP contribution in [-0.2, 0) is 26.2 Å². The number of nitrogens with zero attached hydrogens (tertiary/aromatic N) is 2. The largest absolute Gasteiger partial charge is 0.497 e. The number of ether oxygens (including phenoxy) is 1. The quantitative estimate of drug-likeness (QED) is 0.409. The topological polar surface area (TPSA) is 96.0 Å². The molecule has 0 aliphatic rings. The average Bonchev–Trinajstić information content (AvgIpc) is 2.81. The first-order valence-electron chi connectivity index (χ1n) is 10.7. The van der Waals surface area contributed by atoms with Crippen molar-refractivity contribution in [3.05, 3.63) is 57.0 Å². The summed E-state index contributed by atoms with van der Waals surface area (Å²) in [5, 5.41) is 3.00. The van der Waals surface area contributed by atoms with Gasteiger partial charge in [-0.1, -0.05) is 53.9 Å². The zero-order valence-corrected chi connectivity index (χ0v) is 22.9. The lowest BCUT2D eigenvalue weighted by Crippen LogP contribution is -2.51. The van der Waals surface area contributed by atoms with E-state index < -0.39 is 28.5 Å². The second-order valence-electron chi connectivity index (χ2n) is 7.82. The number of amides is 2. The minimum atomic E-state index is -3.96. The highest BCUT2D eigenvalue weighted by atomic mass is 35.5. The maximum Gasteiger partial charge on any atom is 0.244 e. The molecular weight excluding hydrogens is 537 g/mol. The van der Waals surface area contributed by atoms with Crippen LogP contribution in [0.2, 0.25) is 15.1 Å². The van der Waals surface area contributed by atoms with Gasteiger partial charge in [-0.15, -0.1) is 0 Å². The highest BCUT2D eigenvalue weighted by molar-refractivity contribution is 7.92. The normalized spacial score (nSPS) is 12.1. The van der Waals surface area contributed by atoms with Crippen LogP contribution in [0.25, 0.3) is 0 Å². The first-order valence-corrected chi connectivity index (χ1v) is 13.7. The minimum Gasteiger partial charge on any atom is -0.497 e. The van der Waals surface area contributed by atoms with Crippen LogP contribution in [0.5, 0.6) is 5.75 Å². The fourth-order valence-corrected chi connectivity index (χ4v) is 4.75. The van der Waals surface area contributed by atoms with Gasteiger partial charge in [0.2, 0.25) is 21.8 Å². The van der Waals surface area contributed by atoms with Crippen LogP contribution in [0.1, 0.15) is 25.8 Å². The van der Waals surface area contributed by atoms with Crippen LogP contribution < -0.4 is 14.4 Å². The van der Waals surface area contributed by atoms with Crippen LogP contribution in [0.3, 0.4) is 0 Å². The number of benzene rings is 2. The van der Waals surface area contributed by atoms with Gasteiger partial charge in [-0.3, -0.25) is 13.9 Å². The molecule has 0 saturated carbocycles. The highest BCUT2D eigenvalue weighted by Gasteiger charge is 2.31. The summed E-state index contributed by atoms with van der Waals surface area (Å²) in [6.07, 6.45) is 1.67. The molecule has 0 fully saturated rings. The number of hydrogen-bond donors (Lipinski definition) is 1. The van der Waals surface area contributed by atoms with Gasteiger partial charge in [-0.05, 0) is 43.2 Å². The van der Waals surface area contributed by atoms with Crippen molar-refractivity contribution in [1.29, 1.82) is 0 Å². The summed E-state index contributed by atoms with van der Waals surface area (Å²) in [7, 11) is -2.42. The third kappa shape index (κ3) is 7.90. The maximum absolute atomic E-state index is 13.5. The van der Waals surface area contributed by atoms with Gasteiger partial charge >= 0.3 is 0 Å². The molecule has 0 bridgehead atoms. The van der Waals surface area contributed by atoms with Gasteiger partial charge in [-0.2, -0.15) is 0 Å². The van der Waals surface area contributed by atoms with E-state index in [1.165, 1.54) is 17.0 Å². The Morgan fingerprint density at radius 1 is 1.06 bits per heavy atom. The minimum absolute atomic E-state index is 0.00408. The molecule has 1 N–H and O–H groups in total. The molecule has 1 atom stereocenters. The zero-order valence-electron chi connectivity index (χ0n) is 19.8. The second kappa shape index (κ2) is 12.7. The predicted octanol–water partition coefficient (Wildman–Crippen LogP) is 4.36. The van der Waals surface area contributed by atoms with Crippen molar-refractivity contribution < 1.29 is 22.7 Å². The molecule has 12 heteroatoms. The Morgan fingerprint density at radius 2 is 1.66 bits per heavy atom. The van der Waals surface area contributed by atoms with Crippen molar-refractivity contribution >= 4 is 62.3 Å². The predicted molar refractivity (Wildman–Crippen MR) is 140 cm³/mol. The Morgan fingerprint density at radius 3 is 2.20 bits per heavy atom. The molecular formula is C23H28Cl3N3O5S. The molecule has 0 unspecified atom stereocenters. The third-order valence-corrected chi connectivity index (χ3v) is 7.32. The molecule has 0 aliphatic carbocycles. The van der Waals surface area contributed by atoms with Crippen molar-refractivity contribution in [2.45, 2.75) is 32.9 Å². The first-order chi connectivity index (χ1) is 16.4. The van der Waals surface area contributed by atoms with Crippen molar-refractivity contribution in [3.8, 4) is 5.75 Å². The van der Waals surface area contributed by atoms with E-state index >= 15 is 0 Å². The summed E-state index contributed by atoms with van der Waals surface area (Å²) >= 11 is 18.3. The van der Waals surface area contributed by atoms with E-state index in [2.05, 4.69) is 5.32 Å². The summed E-state index contributed by atoms with van der Waals surface area (Å²) in [6, 6.07) is 8.71. The summed E-state index contributed by atoms with van der Waals surface area (Å²) in [5.41, 5.74) is 0.733. The molecule has 2 aromatic rings. The molecule has 0 heterocycles. The number of carbonyl (C=O) groups is 2. The number of nitrogens with one attached hydrogen (secondary N) is 1. The van der Waals surface area contributed by atoms with Crippen LogP contribution in [-0.4, -0.2) is 57.6 Å². The maximum atomic E-state index is 13.5. The smallest absolute Gasteiger partial charge is 0.244 e. The van der Waals surface area contributed by atoms with Crippen molar-refractivity contribution in [3.63, 3.8) is 0 Å². The van der Waals surface area contributed by atoms with Gasteiger partial charge in [0.25, 0.3) is 0 Å². The SMILES string of the molecule is CCCNC(=O)[C@@H](C)N(Cc1ccc(OC)cc1)C(=O)CN(c1cc(Cl)c(Cl)cc1Cl)S(C)(=O)=O. The lowest BCUT2D eigenvalue weighted by atomic mass is 10.1. The Balaban J connectivity index is 2.43.